The van der Waals surface area contributed by atoms with E-state index >= 15 is 0 Å². The van der Waals surface area contributed by atoms with Crippen LogP contribution < -0.4 is 5.32 Å². The summed E-state index contributed by atoms with van der Waals surface area (Å²) in [5.41, 5.74) is 1.19. The van der Waals surface area contributed by atoms with Crippen LogP contribution in [0.15, 0.2) is 12.1 Å². The highest BCUT2D eigenvalue weighted by Gasteiger charge is 2.32. The van der Waals surface area contributed by atoms with E-state index in [0.29, 0.717) is 24.2 Å². The van der Waals surface area contributed by atoms with Gasteiger partial charge < -0.3 is 10.4 Å². The molecule has 6 heteroatoms. The summed E-state index contributed by atoms with van der Waals surface area (Å²) < 4.78 is 0. The van der Waals surface area contributed by atoms with Crippen LogP contribution in [0.25, 0.3) is 0 Å². The van der Waals surface area contributed by atoms with Crippen molar-refractivity contribution in [2.75, 3.05) is 6.54 Å². The van der Waals surface area contributed by atoms with E-state index in [1.165, 1.54) is 6.07 Å². The van der Waals surface area contributed by atoms with Crippen LogP contribution in [0.3, 0.4) is 0 Å². The van der Waals surface area contributed by atoms with Gasteiger partial charge in [0.25, 0.3) is 5.91 Å². The zero-order valence-electron chi connectivity index (χ0n) is 11.8. The monoisotopic (exact) mass is 287 g/mol. The second-order valence-electron chi connectivity index (χ2n) is 5.29. The van der Waals surface area contributed by atoms with Crippen LogP contribution >= 0.6 is 0 Å². The summed E-state index contributed by atoms with van der Waals surface area (Å²) in [5, 5.41) is 20.7. The van der Waals surface area contributed by atoms with Gasteiger partial charge in [-0.2, -0.15) is 5.26 Å². The van der Waals surface area contributed by atoms with Gasteiger partial charge in [0.15, 0.2) is 0 Å². The highest BCUT2D eigenvalue weighted by atomic mass is 16.4. The van der Waals surface area contributed by atoms with Crippen LogP contribution in [0.2, 0.25) is 0 Å². The summed E-state index contributed by atoms with van der Waals surface area (Å²) in [6, 6.07) is 5.06. The van der Waals surface area contributed by atoms with Crippen molar-refractivity contribution < 1.29 is 14.7 Å². The average molecular weight is 287 g/mol. The molecule has 1 aromatic rings. The van der Waals surface area contributed by atoms with Gasteiger partial charge in [-0.25, -0.2) is 4.98 Å². The van der Waals surface area contributed by atoms with Crippen LogP contribution in [0.1, 0.15) is 41.0 Å². The summed E-state index contributed by atoms with van der Waals surface area (Å²) in [5.74, 6) is -1.52. The highest BCUT2D eigenvalue weighted by Crippen LogP contribution is 2.31. The first-order chi connectivity index (χ1) is 10.0. The van der Waals surface area contributed by atoms with Gasteiger partial charge >= 0.3 is 5.97 Å². The number of rotatable bonds is 4. The summed E-state index contributed by atoms with van der Waals surface area (Å²) >= 11 is 0. The maximum Gasteiger partial charge on any atom is 0.306 e. The number of aryl methyl sites for hydroxylation is 1. The molecule has 1 aromatic heterocycles. The van der Waals surface area contributed by atoms with E-state index in [9.17, 15) is 9.59 Å². The molecule has 1 fully saturated rings. The molecule has 1 amide bonds. The first-order valence-corrected chi connectivity index (χ1v) is 6.91. The Labute approximate surface area is 122 Å². The molecule has 0 spiro atoms. The quantitative estimate of drug-likeness (QED) is 0.873. The van der Waals surface area contributed by atoms with Crippen LogP contribution in [0, 0.1) is 30.1 Å². The van der Waals surface area contributed by atoms with E-state index in [1.807, 2.05) is 6.07 Å². The number of aromatic nitrogens is 1. The minimum absolute atomic E-state index is 0.0223. The van der Waals surface area contributed by atoms with Crippen LogP contribution in [0.4, 0.5) is 0 Å². The summed E-state index contributed by atoms with van der Waals surface area (Å²) in [6.45, 7) is 2.02. The van der Waals surface area contributed by atoms with Crippen LogP contribution in [-0.4, -0.2) is 28.5 Å². The molecular formula is C15H17N3O3. The third-order valence-corrected chi connectivity index (χ3v) is 3.94. The Kier molecular flexibility index (Phi) is 4.53. The van der Waals surface area contributed by atoms with Gasteiger partial charge in [0.2, 0.25) is 0 Å². The van der Waals surface area contributed by atoms with Crippen molar-refractivity contribution in [1.29, 1.82) is 5.26 Å². The van der Waals surface area contributed by atoms with Crippen molar-refractivity contribution in [2.24, 2.45) is 11.8 Å². The second kappa shape index (κ2) is 6.35. The Balaban J connectivity index is 1.97. The lowest BCUT2D eigenvalue weighted by molar-refractivity contribution is -0.142. The van der Waals surface area contributed by atoms with Crippen LogP contribution in [-0.2, 0) is 4.79 Å². The Hall–Kier alpha value is -2.42. The largest absolute Gasteiger partial charge is 0.481 e. The minimum Gasteiger partial charge on any atom is -0.481 e. The number of amides is 1. The SMILES string of the molecule is Cc1nc(C(=O)NCC2CCCC2C(=O)O)ccc1C#N. The van der Waals surface area contributed by atoms with Gasteiger partial charge in [0, 0.05) is 6.54 Å². The molecule has 21 heavy (non-hydrogen) atoms. The van der Waals surface area contributed by atoms with Crippen molar-refractivity contribution in [3.8, 4) is 6.07 Å². The molecule has 6 nitrogen and oxygen atoms in total. The fraction of sp³-hybridized carbons (Fsp3) is 0.467. The average Bonchev–Trinajstić information content (AvgIpc) is 2.93. The van der Waals surface area contributed by atoms with Gasteiger partial charge in [-0.05, 0) is 37.8 Å². The van der Waals surface area contributed by atoms with E-state index in [0.717, 1.165) is 12.8 Å². The number of carbonyl (C=O) groups is 2. The number of nitrogens with one attached hydrogen (secondary N) is 1. The van der Waals surface area contributed by atoms with E-state index in [4.69, 9.17) is 10.4 Å². The van der Waals surface area contributed by atoms with Crippen LogP contribution in [0.5, 0.6) is 0 Å². The van der Waals surface area contributed by atoms with Crippen molar-refractivity contribution in [2.45, 2.75) is 26.2 Å². The molecule has 0 radical (unpaired) electrons. The number of hydrogen-bond donors (Lipinski definition) is 2. The van der Waals surface area contributed by atoms with Gasteiger partial charge in [-0.15, -0.1) is 0 Å². The summed E-state index contributed by atoms with van der Waals surface area (Å²) in [7, 11) is 0. The molecule has 2 atom stereocenters. The lowest BCUT2D eigenvalue weighted by Gasteiger charge is -2.16. The lowest BCUT2D eigenvalue weighted by atomic mass is 9.96. The number of nitrogens with zero attached hydrogens (tertiary/aromatic N) is 2. The number of aliphatic carboxylic acids is 1. The molecule has 0 aliphatic heterocycles. The van der Waals surface area contributed by atoms with E-state index < -0.39 is 5.97 Å². The lowest BCUT2D eigenvalue weighted by Crippen LogP contribution is -2.33. The van der Waals surface area contributed by atoms with Crippen molar-refractivity contribution in [3.05, 3.63) is 29.1 Å². The number of nitriles is 1. The second-order valence-corrected chi connectivity index (χ2v) is 5.29. The minimum atomic E-state index is -0.793. The van der Waals surface area contributed by atoms with Gasteiger partial charge in [-0.3, -0.25) is 9.59 Å². The van der Waals surface area contributed by atoms with Gasteiger partial charge in [0.05, 0.1) is 17.2 Å². The fourth-order valence-corrected chi connectivity index (χ4v) is 2.73. The Morgan fingerprint density at radius 3 is 2.86 bits per heavy atom. The van der Waals surface area contributed by atoms with E-state index in [-0.39, 0.29) is 23.4 Å². The van der Waals surface area contributed by atoms with E-state index in [1.54, 1.807) is 13.0 Å². The summed E-state index contributed by atoms with van der Waals surface area (Å²) in [4.78, 5) is 27.2. The molecule has 1 aliphatic carbocycles. The fourth-order valence-electron chi connectivity index (χ4n) is 2.73. The van der Waals surface area contributed by atoms with Crippen molar-refractivity contribution in [3.63, 3.8) is 0 Å². The number of carboxylic acid groups (broad SMARTS) is 1. The zero-order chi connectivity index (χ0) is 15.4. The molecule has 2 rings (SSSR count). The Morgan fingerprint density at radius 1 is 1.48 bits per heavy atom. The number of pyridine rings is 1. The molecule has 2 N–H and O–H groups in total. The molecule has 2 unspecified atom stereocenters. The van der Waals surface area contributed by atoms with E-state index in [2.05, 4.69) is 10.3 Å². The number of hydrogen-bond acceptors (Lipinski definition) is 4. The molecule has 0 saturated heterocycles. The van der Waals surface area contributed by atoms with Crippen molar-refractivity contribution in [1.82, 2.24) is 10.3 Å². The molecular weight excluding hydrogens is 270 g/mol. The third kappa shape index (κ3) is 3.37. The molecule has 1 heterocycles. The maximum atomic E-state index is 12.0. The van der Waals surface area contributed by atoms with Gasteiger partial charge in [-0.1, -0.05) is 6.42 Å². The molecule has 1 aliphatic rings. The number of carboxylic acids is 1. The zero-order valence-corrected chi connectivity index (χ0v) is 11.8. The summed E-state index contributed by atoms with van der Waals surface area (Å²) in [6.07, 6.45) is 2.37. The predicted molar refractivity (Wildman–Crippen MR) is 74.5 cm³/mol. The first-order valence-electron chi connectivity index (χ1n) is 6.91. The van der Waals surface area contributed by atoms with Crippen molar-refractivity contribution >= 4 is 11.9 Å². The molecule has 0 bridgehead atoms. The Morgan fingerprint density at radius 2 is 2.24 bits per heavy atom. The normalized spacial score (nSPS) is 20.8. The van der Waals surface area contributed by atoms with Gasteiger partial charge in [0.1, 0.15) is 11.8 Å². The maximum absolute atomic E-state index is 12.0. The molecule has 0 aromatic carbocycles. The topological polar surface area (TPSA) is 103 Å². The third-order valence-electron chi connectivity index (χ3n) is 3.94. The number of carbonyl (C=O) groups excluding carboxylic acids is 1. The Bertz CT molecular complexity index is 607. The first kappa shape index (κ1) is 15.0. The highest BCUT2D eigenvalue weighted by molar-refractivity contribution is 5.92. The predicted octanol–water partition coefficient (Wildman–Crippen LogP) is 1.49. The standard InChI is InChI=1S/C15H17N3O3/c1-9-10(7-16)5-6-13(18-9)14(19)17-8-11-3-2-4-12(11)15(20)21/h5-6,11-12H,2-4,8H2,1H3,(H,17,19)(H,20,21). The molecule has 110 valence electrons. The molecule has 1 saturated carbocycles. The smallest absolute Gasteiger partial charge is 0.306 e.